The number of carbonyl (C=O) groups excluding carboxylic acids is 1. The van der Waals surface area contributed by atoms with E-state index in [-0.39, 0.29) is 0 Å². The van der Waals surface area contributed by atoms with Crippen LogP contribution in [0, 0.1) is 0 Å². The minimum atomic E-state index is 0.484. The number of carbonyl (C=O) groups is 1. The van der Waals surface area contributed by atoms with Crippen molar-refractivity contribution in [1.29, 1.82) is 0 Å². The maximum Gasteiger partial charge on any atom is 0.150 e. The highest BCUT2D eigenvalue weighted by Gasteiger charge is 2.01. The van der Waals surface area contributed by atoms with Gasteiger partial charge in [0.05, 0.1) is 17.8 Å². The SMILES string of the molecule is COCc1cc2cc(C=O)ccn2n1. The molecule has 0 unspecified atom stereocenters. The van der Waals surface area contributed by atoms with Crippen molar-refractivity contribution in [3.63, 3.8) is 0 Å². The molecule has 4 heteroatoms. The molecule has 2 aromatic heterocycles. The van der Waals surface area contributed by atoms with Crippen LogP contribution in [0.1, 0.15) is 16.1 Å². The van der Waals surface area contributed by atoms with E-state index >= 15 is 0 Å². The normalized spacial score (nSPS) is 10.6. The standard InChI is InChI=1S/C10H10N2O2/c1-14-7-9-5-10-4-8(6-13)2-3-12(10)11-9/h2-6H,7H2,1H3. The number of hydrogen-bond acceptors (Lipinski definition) is 3. The molecule has 0 fully saturated rings. The van der Waals surface area contributed by atoms with Gasteiger partial charge in [-0.2, -0.15) is 5.10 Å². The Balaban J connectivity index is 2.48. The Morgan fingerprint density at radius 2 is 2.43 bits per heavy atom. The average molecular weight is 190 g/mol. The molecule has 0 amide bonds. The van der Waals surface area contributed by atoms with Gasteiger partial charge in [0.25, 0.3) is 0 Å². The third-order valence-electron chi connectivity index (χ3n) is 1.97. The first kappa shape index (κ1) is 8.90. The first-order valence-corrected chi connectivity index (χ1v) is 4.26. The molecule has 0 radical (unpaired) electrons. The fourth-order valence-electron chi connectivity index (χ4n) is 1.36. The molecule has 2 rings (SSSR count). The summed E-state index contributed by atoms with van der Waals surface area (Å²) in [5.41, 5.74) is 2.42. The van der Waals surface area contributed by atoms with Gasteiger partial charge in [-0.1, -0.05) is 0 Å². The van der Waals surface area contributed by atoms with Gasteiger partial charge in [-0.15, -0.1) is 0 Å². The molecule has 0 saturated carbocycles. The Morgan fingerprint density at radius 3 is 3.14 bits per heavy atom. The quantitative estimate of drug-likeness (QED) is 0.685. The van der Waals surface area contributed by atoms with Gasteiger partial charge in [-0.25, -0.2) is 4.52 Å². The average Bonchev–Trinajstić information content (AvgIpc) is 2.59. The van der Waals surface area contributed by atoms with E-state index in [1.165, 1.54) is 0 Å². The molecular formula is C10H10N2O2. The molecule has 0 spiro atoms. The van der Waals surface area contributed by atoms with Gasteiger partial charge < -0.3 is 4.74 Å². The van der Waals surface area contributed by atoms with E-state index in [2.05, 4.69) is 5.10 Å². The molecule has 14 heavy (non-hydrogen) atoms. The fraction of sp³-hybridized carbons (Fsp3) is 0.200. The van der Waals surface area contributed by atoms with Crippen molar-refractivity contribution < 1.29 is 9.53 Å². The van der Waals surface area contributed by atoms with Crippen LogP contribution in [0.5, 0.6) is 0 Å². The predicted octanol–water partition coefficient (Wildman–Crippen LogP) is 1.29. The predicted molar refractivity (Wildman–Crippen MR) is 51.3 cm³/mol. The second-order valence-electron chi connectivity index (χ2n) is 3.02. The maximum atomic E-state index is 10.5. The molecule has 0 atom stereocenters. The van der Waals surface area contributed by atoms with Gasteiger partial charge in [-0.3, -0.25) is 4.79 Å². The molecule has 0 aliphatic carbocycles. The van der Waals surface area contributed by atoms with Crippen molar-refractivity contribution in [3.05, 3.63) is 35.7 Å². The van der Waals surface area contributed by atoms with Crippen molar-refractivity contribution in [2.24, 2.45) is 0 Å². The molecule has 0 saturated heterocycles. The van der Waals surface area contributed by atoms with Crippen LogP contribution in [0.2, 0.25) is 0 Å². The van der Waals surface area contributed by atoms with Crippen LogP contribution in [0.4, 0.5) is 0 Å². The lowest BCUT2D eigenvalue weighted by Gasteiger charge is -1.92. The molecule has 0 bridgehead atoms. The Hall–Kier alpha value is -1.68. The number of aldehydes is 1. The first-order valence-electron chi connectivity index (χ1n) is 4.26. The summed E-state index contributed by atoms with van der Waals surface area (Å²) in [6.45, 7) is 0.484. The van der Waals surface area contributed by atoms with E-state index in [1.54, 1.807) is 30.0 Å². The maximum absolute atomic E-state index is 10.5. The van der Waals surface area contributed by atoms with Crippen LogP contribution < -0.4 is 0 Å². The summed E-state index contributed by atoms with van der Waals surface area (Å²) < 4.78 is 6.69. The van der Waals surface area contributed by atoms with Gasteiger partial charge in [0.15, 0.2) is 0 Å². The van der Waals surface area contributed by atoms with Crippen LogP contribution >= 0.6 is 0 Å². The van der Waals surface area contributed by atoms with Crippen LogP contribution in [-0.2, 0) is 11.3 Å². The number of rotatable bonds is 3. The van der Waals surface area contributed by atoms with Crippen LogP contribution in [-0.4, -0.2) is 23.0 Å². The smallest absolute Gasteiger partial charge is 0.150 e. The van der Waals surface area contributed by atoms with Gasteiger partial charge >= 0.3 is 0 Å². The topological polar surface area (TPSA) is 43.6 Å². The van der Waals surface area contributed by atoms with Gasteiger partial charge in [-0.05, 0) is 18.2 Å². The third kappa shape index (κ3) is 1.52. The van der Waals surface area contributed by atoms with E-state index in [4.69, 9.17) is 4.74 Å². The molecular weight excluding hydrogens is 180 g/mol. The molecule has 2 heterocycles. The fourth-order valence-corrected chi connectivity index (χ4v) is 1.36. The lowest BCUT2D eigenvalue weighted by molar-refractivity contribution is 0.112. The molecule has 0 aromatic carbocycles. The highest BCUT2D eigenvalue weighted by molar-refractivity contribution is 5.77. The minimum absolute atomic E-state index is 0.484. The van der Waals surface area contributed by atoms with Crippen molar-refractivity contribution in [2.45, 2.75) is 6.61 Å². The zero-order chi connectivity index (χ0) is 9.97. The number of ether oxygens (including phenoxy) is 1. The molecule has 0 aliphatic heterocycles. The summed E-state index contributed by atoms with van der Waals surface area (Å²) in [6, 6.07) is 5.42. The summed E-state index contributed by atoms with van der Waals surface area (Å²) in [5.74, 6) is 0. The lowest BCUT2D eigenvalue weighted by atomic mass is 10.2. The van der Waals surface area contributed by atoms with E-state index in [0.717, 1.165) is 17.5 Å². The van der Waals surface area contributed by atoms with Crippen LogP contribution in [0.25, 0.3) is 5.52 Å². The Labute approximate surface area is 81.1 Å². The summed E-state index contributed by atoms with van der Waals surface area (Å²) in [5, 5.41) is 4.25. The van der Waals surface area contributed by atoms with E-state index in [1.807, 2.05) is 6.07 Å². The highest BCUT2D eigenvalue weighted by Crippen LogP contribution is 2.08. The Kier molecular flexibility index (Phi) is 2.28. The third-order valence-corrected chi connectivity index (χ3v) is 1.97. The molecule has 72 valence electrons. The largest absolute Gasteiger partial charge is 0.378 e. The number of pyridine rings is 1. The number of aromatic nitrogens is 2. The number of methoxy groups -OCH3 is 1. The number of nitrogens with zero attached hydrogens (tertiary/aromatic N) is 2. The second kappa shape index (κ2) is 3.59. The summed E-state index contributed by atoms with van der Waals surface area (Å²) in [6.07, 6.45) is 2.58. The zero-order valence-electron chi connectivity index (χ0n) is 7.80. The molecule has 2 aromatic rings. The first-order chi connectivity index (χ1) is 6.83. The lowest BCUT2D eigenvalue weighted by Crippen LogP contribution is -1.91. The summed E-state index contributed by atoms with van der Waals surface area (Å²) >= 11 is 0. The Morgan fingerprint density at radius 1 is 1.57 bits per heavy atom. The van der Waals surface area contributed by atoms with Crippen LogP contribution in [0.3, 0.4) is 0 Å². The van der Waals surface area contributed by atoms with Crippen molar-refractivity contribution in [1.82, 2.24) is 9.61 Å². The molecule has 4 nitrogen and oxygen atoms in total. The van der Waals surface area contributed by atoms with E-state index in [9.17, 15) is 4.79 Å². The van der Waals surface area contributed by atoms with Crippen molar-refractivity contribution >= 4 is 11.8 Å². The van der Waals surface area contributed by atoms with Gasteiger partial charge in [0.2, 0.25) is 0 Å². The second-order valence-corrected chi connectivity index (χ2v) is 3.02. The Bertz CT molecular complexity index is 462. The summed E-state index contributed by atoms with van der Waals surface area (Å²) in [4.78, 5) is 10.5. The van der Waals surface area contributed by atoms with Crippen molar-refractivity contribution in [2.75, 3.05) is 7.11 Å². The highest BCUT2D eigenvalue weighted by atomic mass is 16.5. The molecule has 0 aliphatic rings. The number of hydrogen-bond donors (Lipinski definition) is 0. The van der Waals surface area contributed by atoms with E-state index in [0.29, 0.717) is 12.2 Å². The minimum Gasteiger partial charge on any atom is -0.378 e. The van der Waals surface area contributed by atoms with Gasteiger partial charge in [0, 0.05) is 18.9 Å². The monoisotopic (exact) mass is 190 g/mol. The van der Waals surface area contributed by atoms with E-state index < -0.39 is 0 Å². The molecule has 0 N–H and O–H groups in total. The zero-order valence-corrected chi connectivity index (χ0v) is 7.80. The van der Waals surface area contributed by atoms with Gasteiger partial charge in [0.1, 0.15) is 6.29 Å². The number of fused-ring (bicyclic) bond motifs is 1. The van der Waals surface area contributed by atoms with Crippen LogP contribution in [0.15, 0.2) is 24.4 Å². The van der Waals surface area contributed by atoms with Crippen molar-refractivity contribution in [3.8, 4) is 0 Å². The summed E-state index contributed by atoms with van der Waals surface area (Å²) in [7, 11) is 1.63.